The van der Waals surface area contributed by atoms with E-state index in [9.17, 15) is 4.79 Å². The molecule has 0 fully saturated rings. The lowest BCUT2D eigenvalue weighted by Gasteiger charge is -2.16. The fraction of sp³-hybridized carbons (Fsp3) is 0.308. The first-order chi connectivity index (χ1) is 9.51. The molecule has 0 radical (unpaired) electrons. The molecular weight excluding hydrogens is 324 g/mol. The van der Waals surface area contributed by atoms with Crippen LogP contribution in [0.25, 0.3) is 0 Å². The van der Waals surface area contributed by atoms with E-state index < -0.39 is 0 Å². The van der Waals surface area contributed by atoms with Crippen LogP contribution >= 0.6 is 15.9 Å². The average molecular weight is 339 g/mol. The lowest BCUT2D eigenvalue weighted by Crippen LogP contribution is -2.27. The summed E-state index contributed by atoms with van der Waals surface area (Å²) < 4.78 is 5.86. The second-order valence-corrected chi connectivity index (χ2v) is 5.20. The zero-order valence-corrected chi connectivity index (χ0v) is 13.1. The van der Waals surface area contributed by atoms with Gasteiger partial charge in [-0.2, -0.15) is 5.10 Å². The number of carbonyl (C=O) groups excluding carboxylic acids is 1. The summed E-state index contributed by atoms with van der Waals surface area (Å²) in [5, 5.41) is 6.78. The summed E-state index contributed by atoms with van der Waals surface area (Å²) in [6.07, 6.45) is 0. The summed E-state index contributed by atoms with van der Waals surface area (Å²) in [4.78, 5) is 18.2. The molecule has 1 aromatic carbocycles. The molecule has 1 aromatic heterocycles. The van der Waals surface area contributed by atoms with Gasteiger partial charge in [0.1, 0.15) is 11.6 Å². The van der Waals surface area contributed by atoms with Crippen molar-refractivity contribution in [2.45, 2.75) is 13.5 Å². The number of amides is 1. The van der Waals surface area contributed by atoms with Crippen molar-refractivity contribution in [2.75, 3.05) is 14.2 Å². The van der Waals surface area contributed by atoms with Gasteiger partial charge in [0.25, 0.3) is 5.91 Å². The number of methoxy groups -OCH3 is 1. The molecule has 0 unspecified atom stereocenters. The average Bonchev–Trinajstić information content (AvgIpc) is 2.84. The Labute approximate surface area is 125 Å². The Morgan fingerprint density at radius 3 is 2.85 bits per heavy atom. The third-order valence-corrected chi connectivity index (χ3v) is 3.46. The van der Waals surface area contributed by atoms with Crippen LogP contribution in [0.15, 0.2) is 22.7 Å². The van der Waals surface area contributed by atoms with Gasteiger partial charge in [-0.25, -0.2) is 4.98 Å². The van der Waals surface area contributed by atoms with E-state index in [-0.39, 0.29) is 5.91 Å². The van der Waals surface area contributed by atoms with Gasteiger partial charge < -0.3 is 9.64 Å². The topological polar surface area (TPSA) is 71.1 Å². The molecule has 106 valence electrons. The van der Waals surface area contributed by atoms with Gasteiger partial charge in [-0.1, -0.05) is 0 Å². The predicted molar refractivity (Wildman–Crippen MR) is 77.6 cm³/mol. The number of benzene rings is 1. The summed E-state index contributed by atoms with van der Waals surface area (Å²) in [5.74, 6) is 1.82. The van der Waals surface area contributed by atoms with Gasteiger partial charge in [0, 0.05) is 11.5 Å². The zero-order valence-electron chi connectivity index (χ0n) is 11.5. The molecule has 0 saturated heterocycles. The smallest absolute Gasteiger partial charge is 0.255 e. The molecule has 0 aliphatic heterocycles. The number of aromatic amines is 1. The SMILES string of the molecule is COc1ccc(Br)c(C(=O)N(C)Cc2n[nH]c(C)n2)c1. The molecule has 0 saturated carbocycles. The van der Waals surface area contributed by atoms with Crippen molar-refractivity contribution in [2.24, 2.45) is 0 Å². The first-order valence-corrected chi connectivity index (χ1v) is 6.77. The highest BCUT2D eigenvalue weighted by Gasteiger charge is 2.17. The van der Waals surface area contributed by atoms with E-state index in [1.165, 1.54) is 0 Å². The van der Waals surface area contributed by atoms with E-state index in [1.54, 1.807) is 37.3 Å². The summed E-state index contributed by atoms with van der Waals surface area (Å²) in [6.45, 7) is 2.16. The van der Waals surface area contributed by atoms with Crippen LogP contribution in [0.3, 0.4) is 0 Å². The van der Waals surface area contributed by atoms with E-state index in [2.05, 4.69) is 31.1 Å². The van der Waals surface area contributed by atoms with Gasteiger partial charge in [0.05, 0.1) is 19.2 Å². The van der Waals surface area contributed by atoms with Crippen LogP contribution in [0.4, 0.5) is 0 Å². The number of nitrogens with zero attached hydrogens (tertiary/aromatic N) is 3. The molecule has 2 rings (SSSR count). The molecule has 0 aliphatic rings. The van der Waals surface area contributed by atoms with Gasteiger partial charge in [-0.15, -0.1) is 0 Å². The summed E-state index contributed by atoms with van der Waals surface area (Å²) in [5.41, 5.74) is 0.541. The molecular formula is C13H15BrN4O2. The third kappa shape index (κ3) is 3.16. The van der Waals surface area contributed by atoms with Crippen LogP contribution in [-0.4, -0.2) is 40.1 Å². The van der Waals surface area contributed by atoms with Gasteiger partial charge in [-0.3, -0.25) is 9.89 Å². The first-order valence-electron chi connectivity index (χ1n) is 5.98. The van der Waals surface area contributed by atoms with Crippen LogP contribution < -0.4 is 4.74 Å². The minimum atomic E-state index is -0.127. The number of halogens is 1. The predicted octanol–water partition coefficient (Wildman–Crippen LogP) is 2.16. The number of rotatable bonds is 4. The molecule has 0 aliphatic carbocycles. The van der Waals surface area contributed by atoms with Crippen molar-refractivity contribution >= 4 is 21.8 Å². The molecule has 6 nitrogen and oxygen atoms in total. The van der Waals surface area contributed by atoms with E-state index in [0.717, 1.165) is 10.3 Å². The highest BCUT2D eigenvalue weighted by molar-refractivity contribution is 9.10. The van der Waals surface area contributed by atoms with Gasteiger partial charge in [-0.05, 0) is 41.1 Å². The number of hydrogen-bond donors (Lipinski definition) is 1. The number of H-pyrrole nitrogens is 1. The monoisotopic (exact) mass is 338 g/mol. The van der Waals surface area contributed by atoms with Crippen molar-refractivity contribution in [3.05, 3.63) is 39.9 Å². The standard InChI is InChI=1S/C13H15BrN4O2/c1-8-15-12(17-16-8)7-18(2)13(19)10-6-9(20-3)4-5-11(10)14/h4-6H,7H2,1-3H3,(H,15,16,17). The Bertz CT molecular complexity index is 627. The van der Waals surface area contributed by atoms with Crippen molar-refractivity contribution in [3.8, 4) is 5.75 Å². The largest absolute Gasteiger partial charge is 0.497 e. The fourth-order valence-corrected chi connectivity index (χ4v) is 2.16. The Morgan fingerprint density at radius 2 is 2.25 bits per heavy atom. The van der Waals surface area contributed by atoms with Crippen LogP contribution in [0.1, 0.15) is 22.0 Å². The number of hydrogen-bond acceptors (Lipinski definition) is 4. The Morgan fingerprint density at radius 1 is 1.50 bits per heavy atom. The number of ether oxygens (including phenoxy) is 1. The van der Waals surface area contributed by atoms with Crippen molar-refractivity contribution < 1.29 is 9.53 Å². The lowest BCUT2D eigenvalue weighted by atomic mass is 10.2. The second kappa shape index (κ2) is 6.04. The molecule has 20 heavy (non-hydrogen) atoms. The molecule has 7 heteroatoms. The second-order valence-electron chi connectivity index (χ2n) is 4.34. The van der Waals surface area contributed by atoms with Crippen LogP contribution in [0.2, 0.25) is 0 Å². The summed E-state index contributed by atoms with van der Waals surface area (Å²) >= 11 is 3.38. The van der Waals surface area contributed by atoms with E-state index in [4.69, 9.17) is 4.74 Å². The molecule has 0 spiro atoms. The quantitative estimate of drug-likeness (QED) is 0.927. The zero-order chi connectivity index (χ0) is 14.7. The number of aryl methyl sites for hydroxylation is 1. The number of aromatic nitrogens is 3. The molecule has 1 amide bonds. The van der Waals surface area contributed by atoms with E-state index in [1.807, 2.05) is 6.92 Å². The van der Waals surface area contributed by atoms with Crippen molar-refractivity contribution in [1.29, 1.82) is 0 Å². The first kappa shape index (κ1) is 14.5. The van der Waals surface area contributed by atoms with Crippen molar-refractivity contribution in [1.82, 2.24) is 20.1 Å². The molecule has 1 N–H and O–H groups in total. The molecule has 1 heterocycles. The highest BCUT2D eigenvalue weighted by atomic mass is 79.9. The van der Waals surface area contributed by atoms with Crippen LogP contribution in [0.5, 0.6) is 5.75 Å². The minimum Gasteiger partial charge on any atom is -0.497 e. The highest BCUT2D eigenvalue weighted by Crippen LogP contribution is 2.23. The Kier molecular flexibility index (Phi) is 4.39. The lowest BCUT2D eigenvalue weighted by molar-refractivity contribution is 0.0780. The molecule has 0 bridgehead atoms. The van der Waals surface area contributed by atoms with E-state index >= 15 is 0 Å². The Balaban J connectivity index is 2.17. The third-order valence-electron chi connectivity index (χ3n) is 2.77. The fourth-order valence-electron chi connectivity index (χ4n) is 1.74. The van der Waals surface area contributed by atoms with Crippen LogP contribution in [-0.2, 0) is 6.54 Å². The number of carbonyl (C=O) groups is 1. The van der Waals surface area contributed by atoms with E-state index in [0.29, 0.717) is 23.7 Å². The maximum Gasteiger partial charge on any atom is 0.255 e. The van der Waals surface area contributed by atoms with Crippen LogP contribution in [0, 0.1) is 6.92 Å². The van der Waals surface area contributed by atoms with Crippen molar-refractivity contribution in [3.63, 3.8) is 0 Å². The maximum atomic E-state index is 12.4. The summed E-state index contributed by atoms with van der Waals surface area (Å²) in [6, 6.07) is 5.28. The molecule has 2 aromatic rings. The molecule has 0 atom stereocenters. The van der Waals surface area contributed by atoms with Gasteiger partial charge in [0.15, 0.2) is 5.82 Å². The maximum absolute atomic E-state index is 12.4. The Hall–Kier alpha value is -1.89. The normalized spacial score (nSPS) is 10.4. The van der Waals surface area contributed by atoms with Gasteiger partial charge in [0.2, 0.25) is 0 Å². The number of nitrogens with one attached hydrogen (secondary N) is 1. The minimum absolute atomic E-state index is 0.127. The summed E-state index contributed by atoms with van der Waals surface area (Å²) in [7, 11) is 3.28. The van der Waals surface area contributed by atoms with Gasteiger partial charge >= 0.3 is 0 Å².